The van der Waals surface area contributed by atoms with E-state index >= 15 is 0 Å². The summed E-state index contributed by atoms with van der Waals surface area (Å²) in [6.07, 6.45) is 0. The molecule has 0 radical (unpaired) electrons. The van der Waals surface area contributed by atoms with Crippen molar-refractivity contribution in [3.05, 3.63) is 70.5 Å². The highest BCUT2D eigenvalue weighted by Crippen LogP contribution is 2.08. The van der Waals surface area contributed by atoms with Crippen LogP contribution < -0.4 is 10.9 Å². The smallest absolute Gasteiger partial charge is 0.330 e. The molecular weight excluding hydrogens is 360 g/mol. The molecular formula is C20H20N4O4. The van der Waals surface area contributed by atoms with Crippen LogP contribution >= 0.6 is 0 Å². The second kappa shape index (κ2) is 8.43. The van der Waals surface area contributed by atoms with Crippen molar-refractivity contribution in [2.24, 2.45) is 5.92 Å². The van der Waals surface area contributed by atoms with Crippen molar-refractivity contribution in [1.29, 1.82) is 0 Å². The third-order valence-corrected chi connectivity index (χ3v) is 4.20. The third-order valence-electron chi connectivity index (χ3n) is 4.20. The Morgan fingerprint density at radius 2 is 1.75 bits per heavy atom. The summed E-state index contributed by atoms with van der Waals surface area (Å²) < 4.78 is 6.19. The molecule has 0 aliphatic rings. The summed E-state index contributed by atoms with van der Waals surface area (Å²) in [7, 11) is 0. The highest BCUT2D eigenvalue weighted by molar-refractivity contribution is 5.96. The van der Waals surface area contributed by atoms with Gasteiger partial charge in [0.2, 0.25) is 0 Å². The van der Waals surface area contributed by atoms with Crippen LogP contribution in [0.5, 0.6) is 0 Å². The number of rotatable bonds is 6. The zero-order chi connectivity index (χ0) is 20.1. The summed E-state index contributed by atoms with van der Waals surface area (Å²) in [5, 5.41) is 10.8. The number of benzene rings is 2. The van der Waals surface area contributed by atoms with Crippen molar-refractivity contribution in [3.8, 4) is 0 Å². The Kier molecular flexibility index (Phi) is 5.78. The van der Waals surface area contributed by atoms with Gasteiger partial charge >= 0.3 is 5.97 Å². The molecule has 1 aromatic heterocycles. The summed E-state index contributed by atoms with van der Waals surface area (Å²) in [4.78, 5) is 37.2. The molecule has 0 fully saturated rings. The van der Waals surface area contributed by atoms with E-state index in [9.17, 15) is 14.4 Å². The third kappa shape index (κ3) is 4.22. The van der Waals surface area contributed by atoms with Crippen LogP contribution in [0.3, 0.4) is 0 Å². The molecule has 1 atom stereocenters. The molecule has 8 heteroatoms. The largest absolute Gasteiger partial charge is 0.441 e. The highest BCUT2D eigenvalue weighted by atomic mass is 16.5. The Morgan fingerprint density at radius 1 is 1.07 bits per heavy atom. The molecule has 3 rings (SSSR count). The Morgan fingerprint density at radius 3 is 2.46 bits per heavy atom. The van der Waals surface area contributed by atoms with Crippen molar-refractivity contribution >= 4 is 22.8 Å². The molecule has 0 saturated carbocycles. The molecule has 0 aliphatic carbocycles. The lowest BCUT2D eigenvalue weighted by atomic mass is 10.0. The summed E-state index contributed by atoms with van der Waals surface area (Å²) in [6, 6.07) is 14.5. The molecule has 2 aromatic carbocycles. The standard InChI is InChI=1S/C20H20N4O4/c1-13(2)17(21-18(25)14-8-4-3-5-9-14)20(27)28-12-24-19(26)15-10-6-7-11-16(15)22-23-24/h3-11,13,17H,12H2,1-2H3,(H,21,25)/t17-/m1/s1. The molecule has 8 nitrogen and oxygen atoms in total. The number of ether oxygens (including phenoxy) is 1. The average Bonchev–Trinajstić information content (AvgIpc) is 2.71. The maximum absolute atomic E-state index is 12.5. The molecule has 0 unspecified atom stereocenters. The fraction of sp³-hybridized carbons (Fsp3) is 0.250. The maximum atomic E-state index is 12.5. The quantitative estimate of drug-likeness (QED) is 0.654. The van der Waals surface area contributed by atoms with Gasteiger partial charge in [-0.05, 0) is 30.2 Å². The number of hydrogen-bond acceptors (Lipinski definition) is 6. The summed E-state index contributed by atoms with van der Waals surface area (Å²) >= 11 is 0. The van der Waals surface area contributed by atoms with Gasteiger partial charge in [0.15, 0.2) is 6.73 Å². The van der Waals surface area contributed by atoms with Crippen LogP contribution in [0.1, 0.15) is 24.2 Å². The maximum Gasteiger partial charge on any atom is 0.330 e. The van der Waals surface area contributed by atoms with Gasteiger partial charge < -0.3 is 10.1 Å². The summed E-state index contributed by atoms with van der Waals surface area (Å²) in [6.45, 7) is 3.19. The zero-order valence-electron chi connectivity index (χ0n) is 15.5. The monoisotopic (exact) mass is 380 g/mol. The van der Waals surface area contributed by atoms with Gasteiger partial charge in [0.05, 0.1) is 5.39 Å². The lowest BCUT2D eigenvalue weighted by Crippen LogP contribution is -2.45. The minimum absolute atomic E-state index is 0.209. The fourth-order valence-electron chi connectivity index (χ4n) is 2.63. The van der Waals surface area contributed by atoms with Gasteiger partial charge in [-0.25, -0.2) is 4.79 Å². The second-order valence-electron chi connectivity index (χ2n) is 6.56. The van der Waals surface area contributed by atoms with Crippen molar-refractivity contribution in [3.63, 3.8) is 0 Å². The first-order valence-electron chi connectivity index (χ1n) is 8.82. The first-order chi connectivity index (χ1) is 13.5. The number of carbonyl (C=O) groups excluding carboxylic acids is 2. The van der Waals surface area contributed by atoms with Crippen LogP contribution in [-0.2, 0) is 16.3 Å². The molecule has 0 saturated heterocycles. The Bertz CT molecular complexity index is 1050. The van der Waals surface area contributed by atoms with Crippen molar-refractivity contribution < 1.29 is 14.3 Å². The van der Waals surface area contributed by atoms with Gasteiger partial charge in [-0.1, -0.05) is 49.4 Å². The Balaban J connectivity index is 1.70. The first kappa shape index (κ1) is 19.2. The van der Waals surface area contributed by atoms with Crippen molar-refractivity contribution in [1.82, 2.24) is 20.3 Å². The van der Waals surface area contributed by atoms with Gasteiger partial charge in [0, 0.05) is 5.56 Å². The number of fused-ring (bicyclic) bond motifs is 1. The lowest BCUT2D eigenvalue weighted by Gasteiger charge is -2.21. The van der Waals surface area contributed by atoms with Crippen LogP contribution in [0, 0.1) is 5.92 Å². The topological polar surface area (TPSA) is 103 Å². The van der Waals surface area contributed by atoms with E-state index in [4.69, 9.17) is 4.74 Å². The molecule has 0 spiro atoms. The normalized spacial score (nSPS) is 12.0. The SMILES string of the molecule is CC(C)[C@@H](NC(=O)c1ccccc1)C(=O)OCn1nnc2ccccc2c1=O. The predicted octanol–water partition coefficient (Wildman–Crippen LogP) is 1.75. The number of aromatic nitrogens is 3. The van der Waals surface area contributed by atoms with Gasteiger partial charge in [-0.15, -0.1) is 5.10 Å². The van der Waals surface area contributed by atoms with Crippen molar-refractivity contribution in [2.75, 3.05) is 0 Å². The van der Waals surface area contributed by atoms with E-state index in [-0.39, 0.29) is 18.6 Å². The van der Waals surface area contributed by atoms with Crippen LogP contribution in [0.4, 0.5) is 0 Å². The average molecular weight is 380 g/mol. The van der Waals surface area contributed by atoms with E-state index in [2.05, 4.69) is 15.6 Å². The van der Waals surface area contributed by atoms with E-state index in [1.54, 1.807) is 68.4 Å². The predicted molar refractivity (Wildman–Crippen MR) is 102 cm³/mol. The minimum atomic E-state index is -0.864. The number of hydrogen-bond donors (Lipinski definition) is 1. The first-order valence-corrected chi connectivity index (χ1v) is 8.82. The van der Waals surface area contributed by atoms with Crippen LogP contribution in [-0.4, -0.2) is 32.9 Å². The number of carbonyl (C=O) groups is 2. The molecule has 3 aromatic rings. The minimum Gasteiger partial charge on any atom is -0.441 e. The van der Waals surface area contributed by atoms with Crippen LogP contribution in [0.2, 0.25) is 0 Å². The van der Waals surface area contributed by atoms with Gasteiger partial charge in [0.25, 0.3) is 11.5 Å². The van der Waals surface area contributed by atoms with Crippen molar-refractivity contribution in [2.45, 2.75) is 26.6 Å². The molecule has 28 heavy (non-hydrogen) atoms. The van der Waals surface area contributed by atoms with Gasteiger partial charge in [0.1, 0.15) is 11.6 Å². The summed E-state index contributed by atoms with van der Waals surface area (Å²) in [5.74, 6) is -1.24. The number of esters is 1. The highest BCUT2D eigenvalue weighted by Gasteiger charge is 2.26. The number of amides is 1. The number of nitrogens with zero attached hydrogens (tertiary/aromatic N) is 3. The van der Waals surface area contributed by atoms with Gasteiger partial charge in [-0.3, -0.25) is 9.59 Å². The molecule has 0 aliphatic heterocycles. The second-order valence-corrected chi connectivity index (χ2v) is 6.56. The van der Waals surface area contributed by atoms with E-state index in [0.717, 1.165) is 4.68 Å². The molecule has 1 amide bonds. The lowest BCUT2D eigenvalue weighted by molar-refractivity contribution is -0.151. The van der Waals surface area contributed by atoms with E-state index in [1.165, 1.54) is 0 Å². The molecule has 144 valence electrons. The molecule has 1 N–H and O–H groups in total. The zero-order valence-corrected chi connectivity index (χ0v) is 15.5. The Hall–Kier alpha value is -3.55. The van der Waals surface area contributed by atoms with E-state index in [0.29, 0.717) is 16.5 Å². The summed E-state index contributed by atoms with van der Waals surface area (Å²) in [5.41, 5.74) is 0.496. The van der Waals surface area contributed by atoms with Crippen LogP contribution in [0.25, 0.3) is 10.9 Å². The number of nitrogens with one attached hydrogen (secondary N) is 1. The van der Waals surface area contributed by atoms with E-state index < -0.39 is 17.6 Å². The fourth-order valence-corrected chi connectivity index (χ4v) is 2.63. The Labute approximate surface area is 161 Å². The van der Waals surface area contributed by atoms with Gasteiger partial charge in [-0.2, -0.15) is 4.68 Å². The van der Waals surface area contributed by atoms with Crippen LogP contribution in [0.15, 0.2) is 59.4 Å². The molecule has 1 heterocycles. The van der Waals surface area contributed by atoms with E-state index in [1.807, 2.05) is 0 Å². The molecule has 0 bridgehead atoms.